The van der Waals surface area contributed by atoms with Crippen LogP contribution in [-0.4, -0.2) is 34.6 Å². The molecule has 1 saturated heterocycles. The molecular formula is C10H16N4O2. The Hall–Kier alpha value is -1.59. The molecule has 16 heavy (non-hydrogen) atoms. The van der Waals surface area contributed by atoms with Gasteiger partial charge in [-0.3, -0.25) is 4.98 Å². The molecule has 1 aromatic heterocycles. The minimum absolute atomic E-state index is 0.159. The first-order chi connectivity index (χ1) is 7.79. The summed E-state index contributed by atoms with van der Waals surface area (Å²) in [6.07, 6.45) is 3.51. The average molecular weight is 224 g/mol. The van der Waals surface area contributed by atoms with Gasteiger partial charge in [-0.15, -0.1) is 4.98 Å². The smallest absolute Gasteiger partial charge is 0.352 e. The predicted molar refractivity (Wildman–Crippen MR) is 59.9 cm³/mol. The van der Waals surface area contributed by atoms with Crippen LogP contribution in [0.4, 0.5) is 5.95 Å². The summed E-state index contributed by atoms with van der Waals surface area (Å²) in [6.45, 7) is 4.16. The van der Waals surface area contributed by atoms with E-state index >= 15 is 0 Å². The molecule has 0 atom stereocenters. The van der Waals surface area contributed by atoms with Crippen LogP contribution in [0.25, 0.3) is 0 Å². The van der Waals surface area contributed by atoms with Crippen molar-refractivity contribution in [3.63, 3.8) is 0 Å². The van der Waals surface area contributed by atoms with Crippen LogP contribution in [0.1, 0.15) is 26.2 Å². The van der Waals surface area contributed by atoms with Crippen LogP contribution in [0.5, 0.6) is 6.01 Å². The lowest BCUT2D eigenvalue weighted by atomic mass is 10.1. The average Bonchev–Trinajstić information content (AvgIpc) is 2.30. The van der Waals surface area contributed by atoms with Crippen LogP contribution < -0.4 is 15.3 Å². The second-order valence-corrected chi connectivity index (χ2v) is 3.74. The van der Waals surface area contributed by atoms with Crippen molar-refractivity contribution in [3.8, 4) is 6.01 Å². The van der Waals surface area contributed by atoms with E-state index < -0.39 is 5.69 Å². The number of rotatable bonds is 3. The fourth-order valence-electron chi connectivity index (χ4n) is 1.80. The molecule has 0 radical (unpaired) electrons. The van der Waals surface area contributed by atoms with Gasteiger partial charge < -0.3 is 9.64 Å². The third-order valence-electron chi connectivity index (χ3n) is 2.55. The molecule has 1 N–H and O–H groups in total. The van der Waals surface area contributed by atoms with Crippen LogP contribution in [0, 0.1) is 0 Å². The van der Waals surface area contributed by atoms with Gasteiger partial charge in [0.2, 0.25) is 5.95 Å². The molecule has 0 amide bonds. The molecule has 1 aliphatic rings. The maximum atomic E-state index is 11.3. The Kier molecular flexibility index (Phi) is 3.38. The van der Waals surface area contributed by atoms with E-state index in [2.05, 4.69) is 19.9 Å². The largest absolute Gasteiger partial charge is 0.464 e. The first kappa shape index (κ1) is 10.9. The minimum Gasteiger partial charge on any atom is -0.464 e. The van der Waals surface area contributed by atoms with Crippen molar-refractivity contribution in [2.45, 2.75) is 26.2 Å². The van der Waals surface area contributed by atoms with Gasteiger partial charge in [0.1, 0.15) is 0 Å². The van der Waals surface area contributed by atoms with E-state index in [4.69, 9.17) is 4.74 Å². The first-order valence-electron chi connectivity index (χ1n) is 5.65. The molecule has 6 heteroatoms. The Balaban J connectivity index is 2.21. The maximum Gasteiger partial charge on any atom is 0.352 e. The lowest BCUT2D eigenvalue weighted by Crippen LogP contribution is -2.33. The van der Waals surface area contributed by atoms with Crippen LogP contribution in [0.2, 0.25) is 0 Å². The van der Waals surface area contributed by atoms with Gasteiger partial charge in [-0.05, 0) is 26.2 Å². The molecule has 88 valence electrons. The molecule has 0 aliphatic carbocycles. The van der Waals surface area contributed by atoms with Gasteiger partial charge in [0.05, 0.1) is 6.61 Å². The molecule has 0 unspecified atom stereocenters. The standard InChI is InChI=1S/C10H16N4O2/c1-2-16-10-12-8(11-9(15)13-10)14-6-4-3-5-7-14/h2-7H2,1H3,(H,11,12,13,15). The fraction of sp³-hybridized carbons (Fsp3) is 0.700. The lowest BCUT2D eigenvalue weighted by Gasteiger charge is -2.26. The van der Waals surface area contributed by atoms with E-state index in [0.29, 0.717) is 12.6 Å². The molecule has 1 fully saturated rings. The summed E-state index contributed by atoms with van der Waals surface area (Å²) in [7, 11) is 0. The maximum absolute atomic E-state index is 11.3. The number of H-pyrrole nitrogens is 1. The summed E-state index contributed by atoms with van der Waals surface area (Å²) >= 11 is 0. The number of nitrogens with zero attached hydrogens (tertiary/aromatic N) is 3. The second kappa shape index (κ2) is 4.96. The second-order valence-electron chi connectivity index (χ2n) is 3.74. The minimum atomic E-state index is -0.404. The fourth-order valence-corrected chi connectivity index (χ4v) is 1.80. The van der Waals surface area contributed by atoms with E-state index in [1.165, 1.54) is 6.42 Å². The Morgan fingerprint density at radius 3 is 2.75 bits per heavy atom. The Bertz CT molecular complexity index is 398. The molecule has 0 bridgehead atoms. The van der Waals surface area contributed by atoms with Crippen LogP contribution >= 0.6 is 0 Å². The van der Waals surface area contributed by atoms with Crippen molar-refractivity contribution in [1.29, 1.82) is 0 Å². The predicted octanol–water partition coefficient (Wildman–Crippen LogP) is 0.554. The van der Waals surface area contributed by atoms with Gasteiger partial charge in [0.25, 0.3) is 0 Å². The third-order valence-corrected chi connectivity index (χ3v) is 2.55. The summed E-state index contributed by atoms with van der Waals surface area (Å²) in [5, 5.41) is 0. The van der Waals surface area contributed by atoms with Gasteiger partial charge in [-0.25, -0.2) is 4.79 Å². The highest BCUT2D eigenvalue weighted by atomic mass is 16.5. The van der Waals surface area contributed by atoms with Gasteiger partial charge in [-0.2, -0.15) is 4.98 Å². The summed E-state index contributed by atoms with van der Waals surface area (Å²) < 4.78 is 5.15. The number of aromatic amines is 1. The number of aromatic nitrogens is 3. The molecule has 0 spiro atoms. The van der Waals surface area contributed by atoms with Crippen molar-refractivity contribution in [3.05, 3.63) is 10.5 Å². The normalized spacial score (nSPS) is 16.2. The zero-order chi connectivity index (χ0) is 11.4. The van der Waals surface area contributed by atoms with Crippen molar-refractivity contribution < 1.29 is 4.74 Å². The Morgan fingerprint density at radius 1 is 1.31 bits per heavy atom. The quantitative estimate of drug-likeness (QED) is 0.812. The van der Waals surface area contributed by atoms with Crippen molar-refractivity contribution in [1.82, 2.24) is 15.0 Å². The molecular weight excluding hydrogens is 208 g/mol. The zero-order valence-corrected chi connectivity index (χ0v) is 9.40. The first-order valence-corrected chi connectivity index (χ1v) is 5.65. The van der Waals surface area contributed by atoms with Crippen molar-refractivity contribution >= 4 is 5.95 Å². The molecule has 2 rings (SSSR count). The molecule has 1 aromatic rings. The van der Waals surface area contributed by atoms with E-state index in [0.717, 1.165) is 25.9 Å². The molecule has 2 heterocycles. The zero-order valence-electron chi connectivity index (χ0n) is 9.40. The monoisotopic (exact) mass is 224 g/mol. The van der Waals surface area contributed by atoms with Gasteiger partial charge in [0, 0.05) is 13.1 Å². The Morgan fingerprint density at radius 2 is 2.06 bits per heavy atom. The highest BCUT2D eigenvalue weighted by Crippen LogP contribution is 2.15. The summed E-state index contributed by atoms with van der Waals surface area (Å²) in [6, 6.07) is 0.159. The number of ether oxygens (including phenoxy) is 1. The Labute approximate surface area is 93.7 Å². The van der Waals surface area contributed by atoms with E-state index in [-0.39, 0.29) is 6.01 Å². The summed E-state index contributed by atoms with van der Waals surface area (Å²) in [5.41, 5.74) is -0.404. The molecule has 0 saturated carbocycles. The van der Waals surface area contributed by atoms with E-state index in [1.807, 2.05) is 6.92 Å². The number of hydrogen-bond donors (Lipinski definition) is 1. The molecule has 1 aliphatic heterocycles. The SMILES string of the molecule is CCOc1nc(N2CCCCC2)[nH]c(=O)n1. The number of anilines is 1. The molecule has 6 nitrogen and oxygen atoms in total. The van der Waals surface area contributed by atoms with Crippen molar-refractivity contribution in [2.75, 3.05) is 24.6 Å². The highest BCUT2D eigenvalue weighted by molar-refractivity contribution is 5.29. The van der Waals surface area contributed by atoms with E-state index in [1.54, 1.807) is 0 Å². The van der Waals surface area contributed by atoms with E-state index in [9.17, 15) is 4.79 Å². The van der Waals surface area contributed by atoms with Crippen LogP contribution in [0.3, 0.4) is 0 Å². The summed E-state index contributed by atoms with van der Waals surface area (Å²) in [4.78, 5) is 23.9. The molecule has 0 aromatic carbocycles. The topological polar surface area (TPSA) is 71.1 Å². The number of piperidine rings is 1. The van der Waals surface area contributed by atoms with Gasteiger partial charge in [-0.1, -0.05) is 0 Å². The van der Waals surface area contributed by atoms with Gasteiger partial charge >= 0.3 is 11.7 Å². The lowest BCUT2D eigenvalue weighted by molar-refractivity contribution is 0.309. The summed E-state index contributed by atoms with van der Waals surface area (Å²) in [5.74, 6) is 0.572. The highest BCUT2D eigenvalue weighted by Gasteiger charge is 2.14. The number of nitrogens with one attached hydrogen (secondary N) is 1. The third kappa shape index (κ3) is 2.50. The van der Waals surface area contributed by atoms with Crippen molar-refractivity contribution in [2.24, 2.45) is 0 Å². The van der Waals surface area contributed by atoms with Crippen LogP contribution in [-0.2, 0) is 0 Å². The van der Waals surface area contributed by atoms with Crippen LogP contribution in [0.15, 0.2) is 4.79 Å². The van der Waals surface area contributed by atoms with Gasteiger partial charge in [0.15, 0.2) is 0 Å². The number of hydrogen-bond acceptors (Lipinski definition) is 5.